The van der Waals surface area contributed by atoms with E-state index in [2.05, 4.69) is 0 Å². The molecule has 0 unspecified atom stereocenters. The minimum Gasteiger partial charge on any atom is -0.326 e. The van der Waals surface area contributed by atoms with E-state index in [1.807, 2.05) is 6.07 Å². The molecule has 0 aliphatic carbocycles. The zero-order chi connectivity index (χ0) is 15.8. The number of nitrogens with zero attached hydrogens (tertiary/aromatic N) is 1. The molecule has 2 aromatic rings. The fourth-order valence-corrected chi connectivity index (χ4v) is 1.52. The number of hydrogen-bond acceptors (Lipinski definition) is 4. The Kier molecular flexibility index (Phi) is 6.42. The first kappa shape index (κ1) is 16.7. The molecule has 8 heteroatoms. The van der Waals surface area contributed by atoms with Gasteiger partial charge in [-0.1, -0.05) is 42.5 Å². The highest BCUT2D eigenvalue weighted by Crippen LogP contribution is 2.16. The Morgan fingerprint density at radius 2 is 1.52 bits per heavy atom. The molecule has 0 aliphatic rings. The highest BCUT2D eigenvalue weighted by Gasteiger charge is 2.12. The van der Waals surface area contributed by atoms with Crippen molar-refractivity contribution < 1.29 is 24.1 Å². The van der Waals surface area contributed by atoms with Gasteiger partial charge in [-0.2, -0.15) is 0 Å². The summed E-state index contributed by atoms with van der Waals surface area (Å²) in [5, 5.41) is 10.6. The molecule has 2 rings (SSSR count). The van der Waals surface area contributed by atoms with Crippen LogP contribution in [0.1, 0.15) is 15.9 Å². The van der Waals surface area contributed by atoms with Crippen LogP contribution >= 0.6 is 8.25 Å². The zero-order valence-corrected chi connectivity index (χ0v) is 11.7. The van der Waals surface area contributed by atoms with Crippen LogP contribution in [0.25, 0.3) is 0 Å². The molecule has 0 amide bonds. The van der Waals surface area contributed by atoms with Gasteiger partial charge in [-0.25, -0.2) is 0 Å². The lowest BCUT2D eigenvalue weighted by atomic mass is 10.0. The predicted molar refractivity (Wildman–Crippen MR) is 76.4 cm³/mol. The van der Waals surface area contributed by atoms with Crippen LogP contribution in [0.2, 0.25) is 0 Å². The van der Waals surface area contributed by atoms with Crippen LogP contribution < -0.4 is 0 Å². The van der Waals surface area contributed by atoms with Gasteiger partial charge in [-0.15, -0.1) is 0 Å². The van der Waals surface area contributed by atoms with E-state index in [0.717, 1.165) is 0 Å². The summed E-state index contributed by atoms with van der Waals surface area (Å²) < 4.78 is 8.74. The maximum absolute atomic E-state index is 12.0. The normalized spacial score (nSPS) is 9.67. The molecule has 2 N–H and O–H groups in total. The van der Waals surface area contributed by atoms with Crippen molar-refractivity contribution >= 4 is 19.7 Å². The highest BCUT2D eigenvalue weighted by molar-refractivity contribution is 7.30. The Morgan fingerprint density at radius 1 is 1.00 bits per heavy atom. The van der Waals surface area contributed by atoms with Crippen molar-refractivity contribution in [2.75, 3.05) is 0 Å². The maximum atomic E-state index is 12.0. The number of rotatable bonds is 3. The maximum Gasteiger partial charge on any atom is 0.314 e. The Bertz CT molecular complexity index is 655. The van der Waals surface area contributed by atoms with Gasteiger partial charge in [0.25, 0.3) is 5.69 Å². The molecule has 0 aromatic heterocycles. The van der Waals surface area contributed by atoms with Gasteiger partial charge in [-0.05, 0) is 0 Å². The lowest BCUT2D eigenvalue weighted by molar-refractivity contribution is -0.384. The van der Waals surface area contributed by atoms with Gasteiger partial charge in [0.2, 0.25) is 0 Å². The number of nitro groups is 1. The Labute approximate surface area is 120 Å². The van der Waals surface area contributed by atoms with Crippen molar-refractivity contribution in [3.8, 4) is 0 Å². The van der Waals surface area contributed by atoms with Crippen LogP contribution in [0.4, 0.5) is 5.69 Å². The Hall–Kier alpha value is -2.34. The zero-order valence-electron chi connectivity index (χ0n) is 10.7. The van der Waals surface area contributed by atoms with Crippen LogP contribution in [0, 0.1) is 10.1 Å². The summed E-state index contributed by atoms with van der Waals surface area (Å²) in [4.78, 5) is 36.4. The number of carbonyl (C=O) groups is 1. The molecule has 7 nitrogen and oxygen atoms in total. The van der Waals surface area contributed by atoms with Crippen molar-refractivity contribution in [1.82, 2.24) is 0 Å². The summed E-state index contributed by atoms with van der Waals surface area (Å²) in [6.07, 6.45) is 0. The minimum absolute atomic E-state index is 0.0771. The molecule has 0 saturated heterocycles. The molecule has 0 aliphatic heterocycles. The quantitative estimate of drug-likeness (QED) is 0.388. The molecule has 21 heavy (non-hydrogen) atoms. The molecule has 0 saturated carbocycles. The fraction of sp³-hybridized carbons (Fsp3) is 0. The molecular formula is C13H12NO6P. The van der Waals surface area contributed by atoms with Crippen molar-refractivity contribution in [3.05, 3.63) is 75.8 Å². The third-order valence-corrected chi connectivity index (χ3v) is 2.36. The highest BCUT2D eigenvalue weighted by atomic mass is 31.1. The van der Waals surface area contributed by atoms with E-state index in [-0.39, 0.29) is 11.5 Å². The smallest absolute Gasteiger partial charge is 0.314 e. The van der Waals surface area contributed by atoms with Gasteiger partial charge < -0.3 is 9.79 Å². The van der Waals surface area contributed by atoms with Gasteiger partial charge in [0.1, 0.15) is 0 Å². The Balaban J connectivity index is 0.000000491. The molecule has 0 spiro atoms. The second-order valence-corrected chi connectivity index (χ2v) is 4.35. The minimum atomic E-state index is -3.13. The largest absolute Gasteiger partial charge is 0.326 e. The van der Waals surface area contributed by atoms with E-state index >= 15 is 0 Å². The average Bonchev–Trinajstić information content (AvgIpc) is 2.47. The second kappa shape index (κ2) is 8.06. The van der Waals surface area contributed by atoms with Gasteiger partial charge in [-0.3, -0.25) is 19.5 Å². The first-order chi connectivity index (χ1) is 9.91. The number of non-ortho nitro benzene ring substituents is 1. The SMILES string of the molecule is O=C(c1ccccc1)c1cccc([N+](=O)[O-])c1.O=[PH](O)O. The first-order valence-electron chi connectivity index (χ1n) is 5.68. The third kappa shape index (κ3) is 5.66. The molecule has 0 bridgehead atoms. The lowest BCUT2D eigenvalue weighted by Gasteiger charge is -2.00. The fourth-order valence-electron chi connectivity index (χ4n) is 1.52. The Morgan fingerprint density at radius 3 is 2.05 bits per heavy atom. The summed E-state index contributed by atoms with van der Waals surface area (Å²) in [5.74, 6) is -0.214. The van der Waals surface area contributed by atoms with E-state index in [0.29, 0.717) is 11.1 Å². The van der Waals surface area contributed by atoms with Gasteiger partial charge in [0.05, 0.1) is 4.92 Å². The molecule has 0 fully saturated rings. The van der Waals surface area contributed by atoms with E-state index in [4.69, 9.17) is 14.4 Å². The van der Waals surface area contributed by atoms with Crippen molar-refractivity contribution in [2.45, 2.75) is 0 Å². The van der Waals surface area contributed by atoms with Gasteiger partial charge in [0, 0.05) is 23.3 Å². The summed E-state index contributed by atoms with van der Waals surface area (Å²) in [6.45, 7) is 0. The van der Waals surface area contributed by atoms with Gasteiger partial charge in [0.15, 0.2) is 5.78 Å². The van der Waals surface area contributed by atoms with E-state index in [1.54, 1.807) is 30.3 Å². The van der Waals surface area contributed by atoms with Crippen molar-refractivity contribution in [2.24, 2.45) is 0 Å². The first-order valence-corrected chi connectivity index (χ1v) is 6.98. The van der Waals surface area contributed by atoms with E-state index in [1.165, 1.54) is 18.2 Å². The summed E-state index contributed by atoms with van der Waals surface area (Å²) in [5.41, 5.74) is 0.769. The standard InChI is InChI=1S/C13H9NO3.H3O3P/c15-13(10-5-2-1-3-6-10)11-7-4-8-12(9-11)14(16)17;1-4(2)3/h1-9H;4H,(H2,1,2,3). The lowest BCUT2D eigenvalue weighted by Crippen LogP contribution is -2.01. The number of hydrogen-bond donors (Lipinski definition) is 2. The number of carbonyl (C=O) groups excluding carboxylic acids is 1. The second-order valence-electron chi connectivity index (χ2n) is 3.79. The summed E-state index contributed by atoms with van der Waals surface area (Å²) in [7, 11) is -3.13. The predicted octanol–water partition coefficient (Wildman–Crippen LogP) is 2.19. The number of nitro benzene ring substituents is 1. The topological polar surface area (TPSA) is 118 Å². The van der Waals surface area contributed by atoms with E-state index in [9.17, 15) is 14.9 Å². The molecule has 0 heterocycles. The third-order valence-electron chi connectivity index (χ3n) is 2.36. The number of benzene rings is 2. The van der Waals surface area contributed by atoms with Crippen LogP contribution in [0.5, 0.6) is 0 Å². The number of ketones is 1. The molecule has 2 aromatic carbocycles. The van der Waals surface area contributed by atoms with Crippen molar-refractivity contribution in [3.63, 3.8) is 0 Å². The van der Waals surface area contributed by atoms with Crippen LogP contribution in [-0.4, -0.2) is 20.5 Å². The van der Waals surface area contributed by atoms with Gasteiger partial charge >= 0.3 is 8.25 Å². The molecule has 0 radical (unpaired) electrons. The average molecular weight is 309 g/mol. The van der Waals surface area contributed by atoms with Crippen LogP contribution in [0.3, 0.4) is 0 Å². The van der Waals surface area contributed by atoms with Crippen molar-refractivity contribution in [1.29, 1.82) is 0 Å². The molecular weight excluding hydrogens is 297 g/mol. The van der Waals surface area contributed by atoms with Crippen LogP contribution in [-0.2, 0) is 4.57 Å². The summed E-state index contributed by atoms with van der Waals surface area (Å²) >= 11 is 0. The summed E-state index contributed by atoms with van der Waals surface area (Å²) in [6, 6.07) is 14.4. The van der Waals surface area contributed by atoms with E-state index < -0.39 is 13.2 Å². The molecule has 110 valence electrons. The van der Waals surface area contributed by atoms with Crippen LogP contribution in [0.15, 0.2) is 54.6 Å². The molecule has 0 atom stereocenters. The monoisotopic (exact) mass is 309 g/mol.